The number of amides is 2. The third-order valence-electron chi connectivity index (χ3n) is 5.81. The third-order valence-corrected chi connectivity index (χ3v) is 5.81. The van der Waals surface area contributed by atoms with E-state index in [1.54, 1.807) is 7.11 Å². The summed E-state index contributed by atoms with van der Waals surface area (Å²) in [6.07, 6.45) is 2.62. The third kappa shape index (κ3) is 7.07. The number of aliphatic hydroxyl groups excluding tert-OH is 1. The molecule has 1 fully saturated rings. The molecule has 1 aliphatic carbocycles. The molecule has 8 heteroatoms. The van der Waals surface area contributed by atoms with Crippen molar-refractivity contribution in [3.05, 3.63) is 53.1 Å². The lowest BCUT2D eigenvalue weighted by atomic mass is 10.0. The number of ether oxygens (including phenoxy) is 2. The quantitative estimate of drug-likeness (QED) is 0.529. The number of hydrogen-bond acceptors (Lipinski definition) is 6. The summed E-state index contributed by atoms with van der Waals surface area (Å²) in [5, 5.41) is 9.97. The summed E-state index contributed by atoms with van der Waals surface area (Å²) < 4.78 is 11.1. The van der Waals surface area contributed by atoms with Crippen LogP contribution >= 0.6 is 0 Å². The number of benzene rings is 2. The highest BCUT2D eigenvalue weighted by molar-refractivity contribution is 6.07. The zero-order valence-corrected chi connectivity index (χ0v) is 22.3. The maximum atomic E-state index is 13.4. The summed E-state index contributed by atoms with van der Waals surface area (Å²) >= 11 is 0. The highest BCUT2D eigenvalue weighted by Gasteiger charge is 2.36. The van der Waals surface area contributed by atoms with E-state index in [9.17, 15) is 9.59 Å². The second kappa shape index (κ2) is 15.6. The summed E-state index contributed by atoms with van der Waals surface area (Å²) in [7, 11) is 2.62. The van der Waals surface area contributed by atoms with Crippen LogP contribution < -0.4 is 14.8 Å². The van der Waals surface area contributed by atoms with Crippen molar-refractivity contribution in [1.29, 1.82) is 0 Å². The van der Waals surface area contributed by atoms with E-state index in [4.69, 9.17) is 19.4 Å². The van der Waals surface area contributed by atoms with Crippen molar-refractivity contribution in [1.82, 2.24) is 4.90 Å². The lowest BCUT2D eigenvalue weighted by molar-refractivity contribution is -0.117. The first-order chi connectivity index (χ1) is 17.6. The maximum absolute atomic E-state index is 13.4. The van der Waals surface area contributed by atoms with Crippen LogP contribution in [0.5, 0.6) is 11.5 Å². The molecule has 198 valence electrons. The first-order valence-corrected chi connectivity index (χ1v) is 12.3. The Labute approximate surface area is 214 Å². The highest BCUT2D eigenvalue weighted by Crippen LogP contribution is 2.39. The van der Waals surface area contributed by atoms with Gasteiger partial charge in [-0.3, -0.25) is 9.59 Å². The second-order valence-electron chi connectivity index (χ2n) is 7.80. The number of anilines is 1. The van der Waals surface area contributed by atoms with Gasteiger partial charge in [-0.05, 0) is 55.5 Å². The Hall–Kier alpha value is -3.39. The van der Waals surface area contributed by atoms with Gasteiger partial charge in [0.1, 0.15) is 6.79 Å². The van der Waals surface area contributed by atoms with Gasteiger partial charge in [0.15, 0.2) is 11.5 Å². The minimum absolute atomic E-state index is 0.0122. The van der Waals surface area contributed by atoms with E-state index in [1.807, 2.05) is 68.9 Å². The Kier molecular flexibility index (Phi) is 13.3. The molecule has 2 N–H and O–H groups in total. The van der Waals surface area contributed by atoms with E-state index in [1.165, 1.54) is 0 Å². The summed E-state index contributed by atoms with van der Waals surface area (Å²) in [6.45, 7) is 11.1. The largest absolute Gasteiger partial charge is 0.493 e. The Morgan fingerprint density at radius 3 is 2.36 bits per heavy atom. The number of aliphatic hydroxyl groups is 1. The molecule has 1 saturated carbocycles. The second-order valence-corrected chi connectivity index (χ2v) is 7.80. The van der Waals surface area contributed by atoms with Crippen LogP contribution in [0.2, 0.25) is 0 Å². The lowest BCUT2D eigenvalue weighted by Crippen LogP contribution is -2.29. The van der Waals surface area contributed by atoms with Crippen LogP contribution in [0.15, 0.2) is 36.4 Å². The van der Waals surface area contributed by atoms with Gasteiger partial charge in [0.2, 0.25) is 5.91 Å². The van der Waals surface area contributed by atoms with Gasteiger partial charge >= 0.3 is 0 Å². The van der Waals surface area contributed by atoms with E-state index in [0.717, 1.165) is 37.5 Å². The fourth-order valence-electron chi connectivity index (χ4n) is 4.12. The molecule has 8 nitrogen and oxygen atoms in total. The van der Waals surface area contributed by atoms with Crippen molar-refractivity contribution in [3.63, 3.8) is 0 Å². The van der Waals surface area contributed by atoms with Crippen LogP contribution in [0.25, 0.3) is 0 Å². The van der Waals surface area contributed by atoms with Crippen LogP contribution in [0.1, 0.15) is 74.5 Å². The zero-order chi connectivity index (χ0) is 27.3. The summed E-state index contributed by atoms with van der Waals surface area (Å²) in [4.78, 5) is 35.6. The molecule has 0 saturated heterocycles. The number of nitrogens with zero attached hydrogens (tertiary/aromatic N) is 1. The zero-order valence-electron chi connectivity index (χ0n) is 22.3. The molecule has 1 atom stereocenters. The molecule has 36 heavy (non-hydrogen) atoms. The number of fused-ring (bicyclic) bond motifs is 1. The summed E-state index contributed by atoms with van der Waals surface area (Å²) in [5.74, 6) is 1.41. The lowest BCUT2D eigenvalue weighted by Gasteiger charge is -2.28. The van der Waals surface area contributed by atoms with Crippen molar-refractivity contribution in [2.75, 3.05) is 26.1 Å². The molecule has 0 spiro atoms. The van der Waals surface area contributed by atoms with Crippen LogP contribution in [0, 0.1) is 5.92 Å². The molecule has 0 radical (unpaired) electrons. The molecular weight excluding hydrogens is 460 g/mol. The van der Waals surface area contributed by atoms with Gasteiger partial charge in [-0.1, -0.05) is 39.0 Å². The Balaban J connectivity index is 0.00000101. The fourth-order valence-corrected chi connectivity index (χ4v) is 4.12. The van der Waals surface area contributed by atoms with Gasteiger partial charge < -0.3 is 29.6 Å². The Morgan fingerprint density at radius 1 is 1.14 bits per heavy atom. The minimum Gasteiger partial charge on any atom is -0.493 e. The molecule has 2 amide bonds. The van der Waals surface area contributed by atoms with Crippen LogP contribution in [-0.2, 0) is 16.1 Å². The van der Waals surface area contributed by atoms with Crippen molar-refractivity contribution in [3.8, 4) is 11.5 Å². The first-order valence-electron chi connectivity index (χ1n) is 12.3. The van der Waals surface area contributed by atoms with Gasteiger partial charge in [0, 0.05) is 19.6 Å². The van der Waals surface area contributed by atoms with Gasteiger partial charge in [-0.15, -0.1) is 0 Å². The smallest absolute Gasteiger partial charge is 0.257 e. The highest BCUT2D eigenvalue weighted by atomic mass is 16.5. The van der Waals surface area contributed by atoms with Crippen LogP contribution in [0.4, 0.5) is 5.69 Å². The number of hydrogen-bond donors (Lipinski definition) is 2. The minimum atomic E-state index is -0.0954. The van der Waals surface area contributed by atoms with Crippen molar-refractivity contribution < 1.29 is 29.0 Å². The number of carbonyl (C=O) groups excluding carboxylic acids is 3. The van der Waals surface area contributed by atoms with Gasteiger partial charge in [-0.2, -0.15) is 0 Å². The van der Waals surface area contributed by atoms with Gasteiger partial charge in [0.25, 0.3) is 5.91 Å². The van der Waals surface area contributed by atoms with E-state index >= 15 is 0 Å². The van der Waals surface area contributed by atoms with Crippen LogP contribution in [0.3, 0.4) is 0 Å². The molecule has 1 aliphatic heterocycles. The first kappa shape index (κ1) is 30.6. The topological polar surface area (TPSA) is 105 Å². The van der Waals surface area contributed by atoms with Crippen LogP contribution in [-0.4, -0.2) is 49.4 Å². The Bertz CT molecular complexity index is 990. The molecule has 2 aromatic carbocycles. The van der Waals surface area contributed by atoms with Crippen molar-refractivity contribution in [2.24, 2.45) is 5.92 Å². The van der Waals surface area contributed by atoms with E-state index in [-0.39, 0.29) is 23.8 Å². The number of rotatable bonds is 8. The average Bonchev–Trinajstić information content (AvgIpc) is 3.73. The molecular formula is C28H40N2O6. The molecule has 1 unspecified atom stereocenters. The van der Waals surface area contributed by atoms with Gasteiger partial charge in [0.05, 0.1) is 31.0 Å². The maximum Gasteiger partial charge on any atom is 0.257 e. The van der Waals surface area contributed by atoms with Crippen molar-refractivity contribution >= 4 is 24.3 Å². The van der Waals surface area contributed by atoms with Gasteiger partial charge in [-0.25, -0.2) is 0 Å². The van der Waals surface area contributed by atoms with Crippen molar-refractivity contribution in [2.45, 2.75) is 59.5 Å². The standard InChI is InChI=1S/C24H28N2O4.C2H6.CH4O.CH2O/c1-4-19(16-11-12-20(29-3)21(13-16)30-5-2)26-14-17-7-6-8-18(22(17)24(26)28)25-23(27)15-9-10-15;3*1-2/h6-8,11-13,15,19H,4-5,9-10,14H2,1-3H3,(H,25,27);1-2H3;2H,1H3;1H2. The fraction of sp³-hybridized carbons (Fsp3) is 0.464. The SMILES string of the molecule is C=O.CC.CCOc1cc(C(CC)N2Cc3cccc(NC(=O)C4CC4)c3C2=O)ccc1OC.CO. The molecule has 2 aliphatic rings. The molecule has 0 bridgehead atoms. The predicted octanol–water partition coefficient (Wildman–Crippen LogP) is 5.00. The molecule has 0 aromatic heterocycles. The predicted molar refractivity (Wildman–Crippen MR) is 141 cm³/mol. The Morgan fingerprint density at radius 2 is 1.81 bits per heavy atom. The summed E-state index contributed by atoms with van der Waals surface area (Å²) in [5.41, 5.74) is 3.19. The molecule has 2 aromatic rings. The van der Waals surface area contributed by atoms with E-state index in [0.29, 0.717) is 35.9 Å². The monoisotopic (exact) mass is 500 g/mol. The average molecular weight is 501 g/mol. The molecule has 4 rings (SSSR count). The number of carbonyl (C=O) groups is 3. The normalized spacial score (nSPS) is 14.0. The van der Waals surface area contributed by atoms with E-state index in [2.05, 4.69) is 12.2 Å². The number of nitrogens with one attached hydrogen (secondary N) is 1. The molecule has 1 heterocycles. The summed E-state index contributed by atoms with van der Waals surface area (Å²) in [6, 6.07) is 11.4. The van der Waals surface area contributed by atoms with E-state index < -0.39 is 0 Å². The number of methoxy groups -OCH3 is 1.